The number of fused-ring (bicyclic) bond motifs is 1. The highest BCUT2D eigenvalue weighted by Gasteiger charge is 2.18. The molecule has 2 aromatic rings. The molecule has 2 N–H and O–H groups in total. The van der Waals surface area contributed by atoms with Crippen molar-refractivity contribution in [3.8, 4) is 5.88 Å². The van der Waals surface area contributed by atoms with Crippen LogP contribution in [-0.2, 0) is 4.74 Å². The topological polar surface area (TPSA) is 83.2 Å². The molecule has 2 aromatic heterocycles. The number of nitrogen functional groups attached to an aromatic ring is 1. The average molecular weight is 281 g/mol. The number of anilines is 1. The number of hydrogen-bond acceptors (Lipinski definition) is 6. The number of aromatic nitrogens is 3. The van der Waals surface area contributed by atoms with Gasteiger partial charge >= 0.3 is 0 Å². The number of pyridine rings is 1. The van der Waals surface area contributed by atoms with E-state index in [-0.39, 0.29) is 5.95 Å². The van der Waals surface area contributed by atoms with E-state index >= 15 is 0 Å². The van der Waals surface area contributed by atoms with Crippen LogP contribution in [0.15, 0.2) is 12.1 Å². The smallest absolute Gasteiger partial charge is 0.245 e. The predicted octanol–water partition coefficient (Wildman–Crippen LogP) is 1.68. The van der Waals surface area contributed by atoms with E-state index in [9.17, 15) is 0 Å². The number of ether oxygens (including phenoxy) is 2. The molecule has 3 rings (SSSR count). The number of rotatable bonds is 3. The molecule has 6 nitrogen and oxygen atoms in total. The lowest BCUT2D eigenvalue weighted by Crippen LogP contribution is -2.13. The maximum absolute atomic E-state index is 5.88. The van der Waals surface area contributed by atoms with E-state index in [1.807, 2.05) is 0 Å². The Morgan fingerprint density at radius 2 is 2.26 bits per heavy atom. The van der Waals surface area contributed by atoms with Gasteiger partial charge in [-0.05, 0) is 18.6 Å². The van der Waals surface area contributed by atoms with Crippen molar-refractivity contribution in [1.82, 2.24) is 15.0 Å². The predicted molar refractivity (Wildman–Crippen MR) is 71.2 cm³/mol. The molecule has 1 aliphatic heterocycles. The van der Waals surface area contributed by atoms with Crippen LogP contribution in [-0.4, -0.2) is 34.8 Å². The number of hydrogen-bond donors (Lipinski definition) is 1. The summed E-state index contributed by atoms with van der Waals surface area (Å²) in [5, 5.41) is 0.370. The molecule has 0 radical (unpaired) electrons. The van der Waals surface area contributed by atoms with Gasteiger partial charge in [0.2, 0.25) is 11.8 Å². The summed E-state index contributed by atoms with van der Waals surface area (Å²) in [5.41, 5.74) is 6.81. The van der Waals surface area contributed by atoms with E-state index in [1.54, 1.807) is 12.1 Å². The third kappa shape index (κ3) is 2.69. The molecule has 1 unspecified atom stereocenters. The fourth-order valence-corrected chi connectivity index (χ4v) is 2.14. The van der Waals surface area contributed by atoms with Crippen LogP contribution in [0.2, 0.25) is 5.15 Å². The van der Waals surface area contributed by atoms with Crippen molar-refractivity contribution in [3.63, 3.8) is 0 Å². The molecule has 7 heteroatoms. The molecule has 1 aliphatic rings. The Morgan fingerprint density at radius 3 is 3.05 bits per heavy atom. The Labute approximate surface area is 114 Å². The number of halogens is 1. The van der Waals surface area contributed by atoms with Crippen molar-refractivity contribution in [2.75, 3.05) is 25.6 Å². The number of nitrogens with two attached hydrogens (primary N) is 1. The molecule has 19 heavy (non-hydrogen) atoms. The summed E-state index contributed by atoms with van der Waals surface area (Å²) in [6.07, 6.45) is 0.993. The Kier molecular flexibility index (Phi) is 3.35. The molecule has 0 aromatic carbocycles. The van der Waals surface area contributed by atoms with Crippen LogP contribution in [0, 0.1) is 5.92 Å². The van der Waals surface area contributed by atoms with E-state index in [2.05, 4.69) is 15.0 Å². The largest absolute Gasteiger partial charge is 0.476 e. The summed E-state index contributed by atoms with van der Waals surface area (Å²) < 4.78 is 11.0. The van der Waals surface area contributed by atoms with Gasteiger partial charge in [-0.25, -0.2) is 9.97 Å². The molecule has 100 valence electrons. The summed E-state index contributed by atoms with van der Waals surface area (Å²) >= 11 is 5.88. The van der Waals surface area contributed by atoms with Crippen LogP contribution in [0.3, 0.4) is 0 Å². The van der Waals surface area contributed by atoms with Crippen molar-refractivity contribution >= 4 is 28.6 Å². The van der Waals surface area contributed by atoms with E-state index < -0.39 is 0 Å². The first kappa shape index (κ1) is 12.4. The van der Waals surface area contributed by atoms with Gasteiger partial charge in [0.1, 0.15) is 5.15 Å². The van der Waals surface area contributed by atoms with Crippen molar-refractivity contribution in [1.29, 1.82) is 0 Å². The quantitative estimate of drug-likeness (QED) is 0.861. The second-order valence-electron chi connectivity index (χ2n) is 4.43. The Morgan fingerprint density at radius 1 is 1.37 bits per heavy atom. The minimum absolute atomic E-state index is 0.161. The van der Waals surface area contributed by atoms with Gasteiger partial charge in [0, 0.05) is 12.5 Å². The van der Waals surface area contributed by atoms with Crippen LogP contribution < -0.4 is 10.5 Å². The van der Waals surface area contributed by atoms with E-state index in [4.69, 9.17) is 26.8 Å². The van der Waals surface area contributed by atoms with Gasteiger partial charge in [-0.3, -0.25) is 0 Å². The van der Waals surface area contributed by atoms with Gasteiger partial charge in [-0.2, -0.15) is 4.98 Å². The lowest BCUT2D eigenvalue weighted by molar-refractivity contribution is 0.166. The van der Waals surface area contributed by atoms with Crippen molar-refractivity contribution in [2.24, 2.45) is 5.92 Å². The second-order valence-corrected chi connectivity index (χ2v) is 4.82. The zero-order valence-corrected chi connectivity index (χ0v) is 10.9. The van der Waals surface area contributed by atoms with Crippen LogP contribution in [0.4, 0.5) is 5.95 Å². The van der Waals surface area contributed by atoms with Gasteiger partial charge in [-0.15, -0.1) is 0 Å². The van der Waals surface area contributed by atoms with Crippen LogP contribution in [0.25, 0.3) is 11.0 Å². The minimum Gasteiger partial charge on any atom is -0.476 e. The highest BCUT2D eigenvalue weighted by atomic mass is 35.5. The molecule has 1 fully saturated rings. The van der Waals surface area contributed by atoms with E-state index in [1.165, 1.54) is 0 Å². The Bertz CT molecular complexity index is 602. The normalized spacial score (nSPS) is 18.9. The molecular weight excluding hydrogens is 268 g/mol. The molecule has 0 saturated carbocycles. The van der Waals surface area contributed by atoms with Gasteiger partial charge in [0.15, 0.2) is 5.52 Å². The molecule has 0 bridgehead atoms. The summed E-state index contributed by atoms with van der Waals surface area (Å²) in [6, 6.07) is 3.40. The van der Waals surface area contributed by atoms with Gasteiger partial charge in [-0.1, -0.05) is 11.6 Å². The van der Waals surface area contributed by atoms with Crippen molar-refractivity contribution in [2.45, 2.75) is 6.42 Å². The summed E-state index contributed by atoms with van der Waals surface area (Å²) in [7, 11) is 0. The fraction of sp³-hybridized carbons (Fsp3) is 0.417. The zero-order chi connectivity index (χ0) is 13.2. The summed E-state index contributed by atoms with van der Waals surface area (Å²) in [6.45, 7) is 2.02. The fourth-order valence-electron chi connectivity index (χ4n) is 1.99. The lowest BCUT2D eigenvalue weighted by Gasteiger charge is -2.11. The molecule has 3 heterocycles. The van der Waals surface area contributed by atoms with E-state index in [0.29, 0.717) is 41.2 Å². The number of nitrogens with zero attached hydrogens (tertiary/aromatic N) is 3. The molecule has 1 saturated heterocycles. The minimum atomic E-state index is 0.161. The highest BCUT2D eigenvalue weighted by Crippen LogP contribution is 2.24. The van der Waals surface area contributed by atoms with Gasteiger partial charge in [0.05, 0.1) is 18.7 Å². The monoisotopic (exact) mass is 280 g/mol. The zero-order valence-electron chi connectivity index (χ0n) is 10.2. The van der Waals surface area contributed by atoms with Crippen molar-refractivity contribution in [3.05, 3.63) is 17.3 Å². The van der Waals surface area contributed by atoms with Crippen LogP contribution in [0.1, 0.15) is 6.42 Å². The van der Waals surface area contributed by atoms with Crippen LogP contribution in [0.5, 0.6) is 5.88 Å². The third-order valence-corrected chi connectivity index (χ3v) is 3.18. The maximum atomic E-state index is 5.88. The van der Waals surface area contributed by atoms with Gasteiger partial charge < -0.3 is 15.2 Å². The summed E-state index contributed by atoms with van der Waals surface area (Å²) in [5.74, 6) is 0.914. The lowest BCUT2D eigenvalue weighted by atomic mass is 10.1. The molecule has 0 amide bonds. The maximum Gasteiger partial charge on any atom is 0.245 e. The molecule has 0 aliphatic carbocycles. The second kappa shape index (κ2) is 5.14. The first-order valence-corrected chi connectivity index (χ1v) is 6.40. The first-order valence-electron chi connectivity index (χ1n) is 6.02. The Hall–Kier alpha value is -1.66. The Balaban J connectivity index is 1.89. The summed E-state index contributed by atoms with van der Waals surface area (Å²) in [4.78, 5) is 12.4. The van der Waals surface area contributed by atoms with E-state index in [0.717, 1.165) is 13.0 Å². The SMILES string of the molecule is Nc1nc(OCC2CCOC2)c2nc(Cl)ccc2n1. The first-order chi connectivity index (χ1) is 9.22. The molecule has 1 atom stereocenters. The van der Waals surface area contributed by atoms with Crippen molar-refractivity contribution < 1.29 is 9.47 Å². The average Bonchev–Trinajstić information content (AvgIpc) is 2.89. The standard InChI is InChI=1S/C12H13ClN4O2/c13-9-2-1-8-10(16-9)11(17-12(14)15-8)19-6-7-3-4-18-5-7/h1-2,7H,3-6H2,(H2,14,15,17). The third-order valence-electron chi connectivity index (χ3n) is 2.97. The molecular formula is C12H13ClN4O2. The highest BCUT2D eigenvalue weighted by molar-refractivity contribution is 6.29. The van der Waals surface area contributed by atoms with Crippen LogP contribution >= 0.6 is 11.6 Å². The van der Waals surface area contributed by atoms with Gasteiger partial charge in [0.25, 0.3) is 0 Å². The molecule has 0 spiro atoms.